The van der Waals surface area contributed by atoms with Gasteiger partial charge in [-0.1, -0.05) is 49.9 Å². The second kappa shape index (κ2) is 12.3. The van der Waals surface area contributed by atoms with Crippen molar-refractivity contribution in [3.05, 3.63) is 58.3 Å². The van der Waals surface area contributed by atoms with Gasteiger partial charge < -0.3 is 14.2 Å². The van der Waals surface area contributed by atoms with Gasteiger partial charge in [-0.15, -0.1) is 0 Å². The molecule has 0 fully saturated rings. The van der Waals surface area contributed by atoms with E-state index in [2.05, 4.69) is 23.3 Å². The summed E-state index contributed by atoms with van der Waals surface area (Å²) in [5.41, 5.74) is 2.02. The third-order valence-corrected chi connectivity index (χ3v) is 5.97. The molecular weight excluding hydrogens is 429 g/mol. The number of fused-ring (bicyclic) bond motifs is 1. The zero-order valence-electron chi connectivity index (χ0n) is 18.6. The van der Waals surface area contributed by atoms with E-state index in [9.17, 15) is 0 Å². The Hall–Kier alpha value is -1.75. The second-order valence-electron chi connectivity index (χ2n) is 7.96. The Bertz CT molecular complexity index is 932. The molecule has 0 N–H and O–H groups in total. The fourth-order valence-corrected chi connectivity index (χ4v) is 4.03. The molecule has 4 nitrogen and oxygen atoms in total. The number of aromatic nitrogens is 2. The van der Waals surface area contributed by atoms with Gasteiger partial charge in [-0.3, -0.25) is 0 Å². The van der Waals surface area contributed by atoms with Crippen molar-refractivity contribution in [1.29, 1.82) is 0 Å². The fourth-order valence-electron chi connectivity index (χ4n) is 3.74. The molecule has 1 aromatic heterocycles. The Labute approximate surface area is 196 Å². The Morgan fingerprint density at radius 1 is 0.871 bits per heavy atom. The van der Waals surface area contributed by atoms with E-state index in [4.69, 9.17) is 32.9 Å². The van der Waals surface area contributed by atoms with E-state index in [0.717, 1.165) is 47.1 Å². The molecule has 3 aromatic rings. The van der Waals surface area contributed by atoms with Gasteiger partial charge in [-0.25, -0.2) is 4.98 Å². The first kappa shape index (κ1) is 23.9. The number of hydrogen-bond acceptors (Lipinski definition) is 3. The zero-order chi connectivity index (χ0) is 22.1. The van der Waals surface area contributed by atoms with Crippen molar-refractivity contribution < 1.29 is 4.74 Å². The van der Waals surface area contributed by atoms with E-state index in [1.807, 2.05) is 42.5 Å². The number of benzene rings is 2. The highest BCUT2D eigenvalue weighted by molar-refractivity contribution is 6.31. The molecule has 0 bridgehead atoms. The standard InChI is InChI=1S/C25H33Cl2N3O/c1-3-5-14-29(15-6-4-2)16-7-17-30-24-18-21(27)10-13-23(24)28-25(30)19-31-22-11-8-20(26)9-12-22/h8-13,18H,3-7,14-17,19H2,1-2H3. The molecule has 1 heterocycles. The molecule has 168 valence electrons. The monoisotopic (exact) mass is 461 g/mol. The minimum atomic E-state index is 0.406. The van der Waals surface area contributed by atoms with Crippen molar-refractivity contribution in [2.24, 2.45) is 0 Å². The van der Waals surface area contributed by atoms with Crippen LogP contribution < -0.4 is 4.74 Å². The van der Waals surface area contributed by atoms with Gasteiger partial charge in [0, 0.05) is 16.6 Å². The van der Waals surface area contributed by atoms with Crippen LogP contribution in [0.4, 0.5) is 0 Å². The number of rotatable bonds is 13. The van der Waals surface area contributed by atoms with E-state index in [1.165, 1.54) is 38.8 Å². The molecule has 0 saturated carbocycles. The summed E-state index contributed by atoms with van der Waals surface area (Å²) >= 11 is 12.3. The largest absolute Gasteiger partial charge is 0.486 e. The summed E-state index contributed by atoms with van der Waals surface area (Å²) in [6.07, 6.45) is 6.05. The molecule has 0 radical (unpaired) electrons. The van der Waals surface area contributed by atoms with E-state index in [1.54, 1.807) is 0 Å². The molecule has 0 saturated heterocycles. The first-order chi connectivity index (χ1) is 15.1. The number of unbranched alkanes of at least 4 members (excludes halogenated alkanes) is 2. The minimum absolute atomic E-state index is 0.406. The van der Waals surface area contributed by atoms with Gasteiger partial charge in [0.1, 0.15) is 18.2 Å². The van der Waals surface area contributed by atoms with Crippen LogP contribution in [0.5, 0.6) is 5.75 Å². The number of aryl methyl sites for hydroxylation is 1. The predicted molar refractivity (Wildman–Crippen MR) is 131 cm³/mol. The molecular formula is C25H33Cl2N3O. The topological polar surface area (TPSA) is 30.3 Å². The summed E-state index contributed by atoms with van der Waals surface area (Å²) in [6, 6.07) is 13.3. The minimum Gasteiger partial charge on any atom is -0.486 e. The number of halogens is 2. The maximum absolute atomic E-state index is 6.29. The molecule has 0 amide bonds. The third kappa shape index (κ3) is 7.13. The van der Waals surface area contributed by atoms with Gasteiger partial charge in [0.2, 0.25) is 0 Å². The van der Waals surface area contributed by atoms with E-state index in [0.29, 0.717) is 11.6 Å². The van der Waals surface area contributed by atoms with Crippen LogP contribution in [0.2, 0.25) is 10.0 Å². The van der Waals surface area contributed by atoms with Crippen molar-refractivity contribution in [3.8, 4) is 5.75 Å². The summed E-state index contributed by atoms with van der Waals surface area (Å²) in [5, 5.41) is 1.43. The highest BCUT2D eigenvalue weighted by atomic mass is 35.5. The normalized spacial score (nSPS) is 11.5. The summed E-state index contributed by atoms with van der Waals surface area (Å²) in [5.74, 6) is 1.70. The molecule has 0 unspecified atom stereocenters. The van der Waals surface area contributed by atoms with Gasteiger partial charge in [0.25, 0.3) is 0 Å². The smallest absolute Gasteiger partial charge is 0.147 e. The Balaban J connectivity index is 1.71. The van der Waals surface area contributed by atoms with Crippen molar-refractivity contribution in [1.82, 2.24) is 14.5 Å². The van der Waals surface area contributed by atoms with E-state index in [-0.39, 0.29) is 0 Å². The summed E-state index contributed by atoms with van der Waals surface area (Å²) in [4.78, 5) is 7.42. The van der Waals surface area contributed by atoms with Crippen molar-refractivity contribution >= 4 is 34.2 Å². The highest BCUT2D eigenvalue weighted by Crippen LogP contribution is 2.23. The van der Waals surface area contributed by atoms with Crippen LogP contribution in [0.1, 0.15) is 51.8 Å². The summed E-state index contributed by atoms with van der Waals surface area (Å²) < 4.78 is 8.25. The average molecular weight is 462 g/mol. The maximum atomic E-state index is 6.29. The lowest BCUT2D eigenvalue weighted by atomic mass is 10.2. The van der Waals surface area contributed by atoms with Crippen LogP contribution in [0.15, 0.2) is 42.5 Å². The molecule has 0 spiro atoms. The number of imidazole rings is 1. The molecule has 0 aliphatic carbocycles. The summed E-state index contributed by atoms with van der Waals surface area (Å²) in [7, 11) is 0. The predicted octanol–water partition coefficient (Wildman–Crippen LogP) is 7.21. The zero-order valence-corrected chi connectivity index (χ0v) is 20.1. The van der Waals surface area contributed by atoms with Crippen LogP contribution in [-0.2, 0) is 13.2 Å². The first-order valence-corrected chi connectivity index (χ1v) is 12.1. The van der Waals surface area contributed by atoms with Gasteiger partial charge in [-0.05, 0) is 81.4 Å². The fraction of sp³-hybridized carbons (Fsp3) is 0.480. The molecule has 31 heavy (non-hydrogen) atoms. The van der Waals surface area contributed by atoms with Gasteiger partial charge >= 0.3 is 0 Å². The quantitative estimate of drug-likeness (QED) is 0.269. The number of nitrogens with zero attached hydrogens (tertiary/aromatic N) is 3. The molecule has 0 atom stereocenters. The second-order valence-corrected chi connectivity index (χ2v) is 8.83. The van der Waals surface area contributed by atoms with Crippen LogP contribution in [0, 0.1) is 0 Å². The summed E-state index contributed by atoms with van der Waals surface area (Å²) in [6.45, 7) is 9.27. The van der Waals surface area contributed by atoms with E-state index < -0.39 is 0 Å². The van der Waals surface area contributed by atoms with Crippen LogP contribution in [0.25, 0.3) is 11.0 Å². The van der Waals surface area contributed by atoms with Gasteiger partial charge in [0.15, 0.2) is 0 Å². The van der Waals surface area contributed by atoms with Crippen molar-refractivity contribution in [3.63, 3.8) is 0 Å². The molecule has 3 rings (SSSR count). The number of ether oxygens (including phenoxy) is 1. The Morgan fingerprint density at radius 2 is 1.52 bits per heavy atom. The first-order valence-electron chi connectivity index (χ1n) is 11.4. The SMILES string of the molecule is CCCCN(CCCC)CCCn1c(COc2ccc(Cl)cc2)nc2ccc(Cl)cc21. The third-order valence-electron chi connectivity index (χ3n) is 5.48. The van der Waals surface area contributed by atoms with Crippen molar-refractivity contribution in [2.45, 2.75) is 59.1 Å². The lowest BCUT2D eigenvalue weighted by Crippen LogP contribution is -2.28. The molecule has 2 aromatic carbocycles. The van der Waals surface area contributed by atoms with E-state index >= 15 is 0 Å². The lowest BCUT2D eigenvalue weighted by Gasteiger charge is -2.22. The van der Waals surface area contributed by atoms with Crippen LogP contribution in [0.3, 0.4) is 0 Å². The van der Waals surface area contributed by atoms with Gasteiger partial charge in [-0.2, -0.15) is 0 Å². The van der Waals surface area contributed by atoms with Crippen LogP contribution in [-0.4, -0.2) is 34.1 Å². The maximum Gasteiger partial charge on any atom is 0.147 e. The lowest BCUT2D eigenvalue weighted by molar-refractivity contribution is 0.254. The Morgan fingerprint density at radius 3 is 2.19 bits per heavy atom. The average Bonchev–Trinajstić information content (AvgIpc) is 3.11. The van der Waals surface area contributed by atoms with Crippen LogP contribution >= 0.6 is 23.2 Å². The van der Waals surface area contributed by atoms with Crippen molar-refractivity contribution in [2.75, 3.05) is 19.6 Å². The highest BCUT2D eigenvalue weighted by Gasteiger charge is 2.13. The Kier molecular flexibility index (Phi) is 9.51. The molecule has 0 aliphatic rings. The van der Waals surface area contributed by atoms with Gasteiger partial charge in [0.05, 0.1) is 11.0 Å². The number of hydrogen-bond donors (Lipinski definition) is 0. The molecule has 6 heteroatoms. The molecule has 0 aliphatic heterocycles.